The van der Waals surface area contributed by atoms with Crippen molar-refractivity contribution in [3.05, 3.63) is 36.5 Å². The molecule has 0 bridgehead atoms. The lowest BCUT2D eigenvalue weighted by molar-refractivity contribution is -0.188. The van der Waals surface area contributed by atoms with Gasteiger partial charge in [-0.1, -0.05) is 30.0 Å². The third kappa shape index (κ3) is 4.75. The number of anilines is 1. The third-order valence-electron chi connectivity index (χ3n) is 4.22. The first-order valence-corrected chi connectivity index (χ1v) is 9.23. The van der Waals surface area contributed by atoms with E-state index in [2.05, 4.69) is 22.1 Å². The first-order valence-electron chi connectivity index (χ1n) is 8.41. The third-order valence-corrected chi connectivity index (χ3v) is 5.11. The number of halogens is 3. The lowest BCUT2D eigenvalue weighted by atomic mass is 9.87. The van der Waals surface area contributed by atoms with Gasteiger partial charge in [-0.2, -0.15) is 13.2 Å². The molecular formula is C18H20F3N3OS. The maximum Gasteiger partial charge on any atom is 0.391 e. The van der Waals surface area contributed by atoms with E-state index < -0.39 is 18.2 Å². The summed E-state index contributed by atoms with van der Waals surface area (Å²) in [4.78, 5) is 0. The van der Waals surface area contributed by atoms with Gasteiger partial charge in [-0.05, 0) is 44.7 Å². The predicted molar refractivity (Wildman–Crippen MR) is 96.2 cm³/mol. The Hall–Kier alpha value is -2.09. The van der Waals surface area contributed by atoms with Gasteiger partial charge in [-0.3, -0.25) is 0 Å². The van der Waals surface area contributed by atoms with Crippen LogP contribution in [0, 0.1) is 5.92 Å². The van der Waals surface area contributed by atoms with Crippen molar-refractivity contribution < 1.29 is 17.9 Å². The summed E-state index contributed by atoms with van der Waals surface area (Å²) in [6.07, 6.45) is -3.20. The first kappa shape index (κ1) is 18.7. The van der Waals surface area contributed by atoms with E-state index in [0.717, 1.165) is 11.3 Å². The Morgan fingerprint density at radius 3 is 2.85 bits per heavy atom. The van der Waals surface area contributed by atoms with Crippen molar-refractivity contribution in [2.24, 2.45) is 5.92 Å². The van der Waals surface area contributed by atoms with Gasteiger partial charge in [0.05, 0.1) is 12.0 Å². The maximum absolute atomic E-state index is 13.0. The predicted octanol–water partition coefficient (Wildman–Crippen LogP) is 5.65. The summed E-state index contributed by atoms with van der Waals surface area (Å²) in [5.41, 5.74) is 1.58. The number of rotatable bonds is 5. The topological polar surface area (TPSA) is 47.0 Å². The van der Waals surface area contributed by atoms with Crippen molar-refractivity contribution in [2.75, 3.05) is 5.32 Å². The van der Waals surface area contributed by atoms with Gasteiger partial charge < -0.3 is 10.1 Å². The molecule has 26 heavy (non-hydrogen) atoms. The Balaban J connectivity index is 1.69. The second kappa shape index (κ2) is 7.65. The molecule has 1 aromatic carbocycles. The van der Waals surface area contributed by atoms with Crippen molar-refractivity contribution >= 4 is 16.5 Å². The second-order valence-electron chi connectivity index (χ2n) is 6.49. The lowest BCUT2D eigenvalue weighted by Gasteiger charge is -2.30. The van der Waals surface area contributed by atoms with Gasteiger partial charge in [0.25, 0.3) is 0 Å². The Morgan fingerprint density at radius 1 is 1.31 bits per heavy atom. The van der Waals surface area contributed by atoms with Gasteiger partial charge in [0.2, 0.25) is 5.13 Å². The minimum absolute atomic E-state index is 0.0131. The zero-order chi connectivity index (χ0) is 18.7. The Kier molecular flexibility index (Phi) is 5.50. The summed E-state index contributed by atoms with van der Waals surface area (Å²) in [5, 5.41) is 12.5. The van der Waals surface area contributed by atoms with Crippen molar-refractivity contribution in [1.82, 2.24) is 10.2 Å². The average Bonchev–Trinajstić information content (AvgIpc) is 3.02. The maximum atomic E-state index is 13.0. The Morgan fingerprint density at radius 2 is 2.12 bits per heavy atom. The van der Waals surface area contributed by atoms with Crippen molar-refractivity contribution in [1.29, 1.82) is 0 Å². The fourth-order valence-electron chi connectivity index (χ4n) is 3.02. The molecule has 0 saturated heterocycles. The molecule has 1 fully saturated rings. The van der Waals surface area contributed by atoms with Gasteiger partial charge in [0, 0.05) is 11.3 Å². The number of nitrogens with one attached hydrogen (secondary N) is 1. The van der Waals surface area contributed by atoms with Gasteiger partial charge in [0.1, 0.15) is 10.8 Å². The number of allylic oxidation sites excluding steroid dienone is 1. The van der Waals surface area contributed by atoms with Crippen LogP contribution in [0.4, 0.5) is 18.3 Å². The SMILES string of the molecule is C=C(C)Nc1nnc(-c2cccc(OC3CCCC(C(F)(F)F)C3)c2)s1. The molecule has 2 unspecified atom stereocenters. The molecule has 0 spiro atoms. The molecule has 1 N–H and O–H groups in total. The molecule has 0 aliphatic heterocycles. The van der Waals surface area contributed by atoms with Gasteiger partial charge >= 0.3 is 6.18 Å². The number of hydrogen-bond acceptors (Lipinski definition) is 5. The highest BCUT2D eigenvalue weighted by Gasteiger charge is 2.42. The molecule has 1 saturated carbocycles. The van der Waals surface area contributed by atoms with E-state index in [0.29, 0.717) is 28.7 Å². The second-order valence-corrected chi connectivity index (χ2v) is 7.47. The molecule has 1 aliphatic carbocycles. The van der Waals surface area contributed by atoms with E-state index in [9.17, 15) is 13.2 Å². The van der Waals surface area contributed by atoms with Crippen molar-refractivity contribution in [3.63, 3.8) is 0 Å². The van der Waals surface area contributed by atoms with E-state index in [1.54, 1.807) is 12.1 Å². The number of aromatic nitrogens is 2. The average molecular weight is 383 g/mol. The van der Waals surface area contributed by atoms with Crippen LogP contribution in [0.1, 0.15) is 32.6 Å². The standard InChI is InChI=1S/C18H20F3N3OS/c1-11(2)22-17-24-23-16(26-17)12-5-3-7-14(9-12)25-15-8-4-6-13(10-15)18(19,20)21/h3,5,7,9,13,15H,1,4,6,8,10H2,2H3,(H,22,24). The molecule has 0 radical (unpaired) electrons. The summed E-state index contributed by atoms with van der Waals surface area (Å²) >= 11 is 1.37. The van der Waals surface area contributed by atoms with Gasteiger partial charge in [-0.15, -0.1) is 10.2 Å². The van der Waals surface area contributed by atoms with Crippen LogP contribution in [0.3, 0.4) is 0 Å². The Labute approximate surface area is 154 Å². The minimum atomic E-state index is -4.15. The smallest absolute Gasteiger partial charge is 0.391 e. The van der Waals surface area contributed by atoms with Crippen LogP contribution in [0.2, 0.25) is 0 Å². The zero-order valence-electron chi connectivity index (χ0n) is 14.3. The highest BCUT2D eigenvalue weighted by atomic mass is 32.1. The van der Waals surface area contributed by atoms with Crippen molar-refractivity contribution in [3.8, 4) is 16.3 Å². The lowest BCUT2D eigenvalue weighted by Crippen LogP contribution is -2.33. The molecule has 8 heteroatoms. The fourth-order valence-corrected chi connectivity index (χ4v) is 3.83. The molecule has 4 nitrogen and oxygen atoms in total. The summed E-state index contributed by atoms with van der Waals surface area (Å²) in [5.74, 6) is -0.719. The number of ether oxygens (including phenoxy) is 1. The number of hydrogen-bond donors (Lipinski definition) is 1. The van der Waals surface area contributed by atoms with Crippen LogP contribution in [0.25, 0.3) is 10.6 Å². The highest BCUT2D eigenvalue weighted by molar-refractivity contribution is 7.18. The minimum Gasteiger partial charge on any atom is -0.490 e. The van der Waals surface area contributed by atoms with Gasteiger partial charge in [0.15, 0.2) is 0 Å². The van der Waals surface area contributed by atoms with Crippen LogP contribution in [0.5, 0.6) is 5.75 Å². The molecule has 140 valence electrons. The fraction of sp³-hybridized carbons (Fsp3) is 0.444. The van der Waals surface area contributed by atoms with Crippen LogP contribution >= 0.6 is 11.3 Å². The molecule has 0 amide bonds. The van der Waals surface area contributed by atoms with E-state index in [1.807, 2.05) is 19.1 Å². The first-order chi connectivity index (χ1) is 12.3. The summed E-state index contributed by atoms with van der Waals surface area (Å²) in [7, 11) is 0. The molecule has 3 rings (SSSR count). The molecule has 1 aliphatic rings. The molecule has 1 heterocycles. The summed E-state index contributed by atoms with van der Waals surface area (Å²) in [6.45, 7) is 5.59. The Bertz CT molecular complexity index is 775. The zero-order valence-corrected chi connectivity index (χ0v) is 15.2. The van der Waals surface area contributed by atoms with E-state index in [4.69, 9.17) is 4.74 Å². The van der Waals surface area contributed by atoms with Gasteiger partial charge in [-0.25, -0.2) is 0 Å². The van der Waals surface area contributed by atoms with Crippen molar-refractivity contribution in [2.45, 2.75) is 44.9 Å². The van der Waals surface area contributed by atoms with Crippen LogP contribution in [0.15, 0.2) is 36.5 Å². The summed E-state index contributed by atoms with van der Waals surface area (Å²) in [6, 6.07) is 7.23. The van der Waals surface area contributed by atoms with E-state index in [-0.39, 0.29) is 12.8 Å². The normalized spacial score (nSPS) is 20.6. The highest BCUT2D eigenvalue weighted by Crippen LogP contribution is 2.39. The quantitative estimate of drug-likeness (QED) is 0.725. The monoisotopic (exact) mass is 383 g/mol. The van der Waals surface area contributed by atoms with E-state index in [1.165, 1.54) is 11.3 Å². The van der Waals surface area contributed by atoms with Crippen LogP contribution in [-0.4, -0.2) is 22.5 Å². The largest absolute Gasteiger partial charge is 0.490 e. The van der Waals surface area contributed by atoms with Crippen LogP contribution < -0.4 is 10.1 Å². The molecular weight excluding hydrogens is 363 g/mol. The number of alkyl halides is 3. The molecule has 2 atom stereocenters. The summed E-state index contributed by atoms with van der Waals surface area (Å²) < 4.78 is 44.7. The molecule has 1 aromatic heterocycles. The van der Waals surface area contributed by atoms with E-state index >= 15 is 0 Å². The number of nitrogens with zero attached hydrogens (tertiary/aromatic N) is 2. The number of benzene rings is 1. The molecule has 2 aromatic rings. The van der Waals surface area contributed by atoms with Crippen LogP contribution in [-0.2, 0) is 0 Å².